The summed E-state index contributed by atoms with van der Waals surface area (Å²) in [5, 5.41) is 6.15. The lowest BCUT2D eigenvalue weighted by molar-refractivity contribution is 0.0945. The number of nitrogens with one attached hydrogen (secondary N) is 2. The zero-order valence-electron chi connectivity index (χ0n) is 19.2. The van der Waals surface area contributed by atoms with Gasteiger partial charge in [0.1, 0.15) is 17.2 Å². The lowest BCUT2D eigenvalue weighted by atomic mass is 9.98. The number of amides is 2. The molecular weight excluding hydrogens is 433 g/mol. The van der Waals surface area contributed by atoms with Crippen LogP contribution < -0.4 is 16.4 Å². The fourth-order valence-electron chi connectivity index (χ4n) is 3.78. The number of benzene rings is 3. The van der Waals surface area contributed by atoms with Gasteiger partial charge in [-0.05, 0) is 71.6 Å². The topological polar surface area (TPSA) is 97.4 Å². The Morgan fingerprint density at radius 2 is 1.65 bits per heavy atom. The molecule has 0 saturated carbocycles. The van der Waals surface area contributed by atoms with Crippen LogP contribution in [0.25, 0.3) is 33.4 Å². The van der Waals surface area contributed by atoms with E-state index in [4.69, 9.17) is 10.2 Å². The molecule has 0 aliphatic rings. The molecule has 0 spiro atoms. The van der Waals surface area contributed by atoms with Crippen molar-refractivity contribution in [3.05, 3.63) is 77.6 Å². The highest BCUT2D eigenvalue weighted by Gasteiger charge is 2.22. The number of fused-ring (bicyclic) bond motifs is 1. The molecule has 2 amide bonds. The molecule has 0 aliphatic carbocycles. The van der Waals surface area contributed by atoms with Crippen LogP contribution in [0, 0.1) is 11.7 Å². The molecule has 1 aromatic heterocycles. The summed E-state index contributed by atoms with van der Waals surface area (Å²) in [5.74, 6) is -0.217. The van der Waals surface area contributed by atoms with Crippen molar-refractivity contribution in [3.63, 3.8) is 0 Å². The Bertz CT molecular complexity index is 1370. The van der Waals surface area contributed by atoms with Gasteiger partial charge in [-0.3, -0.25) is 9.59 Å². The minimum Gasteiger partial charge on any atom is -0.455 e. The highest BCUT2D eigenvalue weighted by Crippen LogP contribution is 2.36. The van der Waals surface area contributed by atoms with E-state index in [0.717, 1.165) is 11.1 Å². The Kier molecular flexibility index (Phi) is 6.36. The third-order valence-corrected chi connectivity index (χ3v) is 5.47. The number of nitrogen functional groups attached to an aromatic ring is 1. The third kappa shape index (κ3) is 4.64. The highest BCUT2D eigenvalue weighted by atomic mass is 19.1. The number of furan rings is 1. The van der Waals surface area contributed by atoms with Crippen LogP contribution in [-0.4, -0.2) is 25.4 Å². The molecule has 0 bridgehead atoms. The van der Waals surface area contributed by atoms with Gasteiger partial charge in [0.15, 0.2) is 0 Å². The molecule has 1 heterocycles. The van der Waals surface area contributed by atoms with E-state index in [-0.39, 0.29) is 17.6 Å². The van der Waals surface area contributed by atoms with Gasteiger partial charge < -0.3 is 20.8 Å². The van der Waals surface area contributed by atoms with Crippen molar-refractivity contribution in [1.82, 2.24) is 10.6 Å². The lowest BCUT2D eigenvalue weighted by Gasteiger charge is -2.10. The quantitative estimate of drug-likeness (QED) is 0.344. The van der Waals surface area contributed by atoms with Crippen molar-refractivity contribution < 1.29 is 18.4 Å². The Balaban J connectivity index is 1.82. The van der Waals surface area contributed by atoms with Gasteiger partial charge >= 0.3 is 0 Å². The molecule has 0 atom stereocenters. The predicted molar refractivity (Wildman–Crippen MR) is 132 cm³/mol. The third-order valence-electron chi connectivity index (χ3n) is 5.47. The Labute approximate surface area is 197 Å². The second kappa shape index (κ2) is 9.39. The van der Waals surface area contributed by atoms with Gasteiger partial charge in [0.25, 0.3) is 11.8 Å². The molecule has 6 nitrogen and oxygen atoms in total. The standard InChI is InChI=1S/C27H26FN3O3/c1-15(2)14-31-26(32)19-10-18(11-21(29)12-19)17-6-9-23-22(13-17)24(27(33)30-3)25(34-23)16-4-7-20(28)8-5-16/h4-13,15H,14,29H2,1-3H3,(H,30,33)(H,31,32). The molecule has 0 aliphatic heterocycles. The number of halogens is 1. The first-order valence-corrected chi connectivity index (χ1v) is 11.0. The summed E-state index contributed by atoms with van der Waals surface area (Å²) in [5.41, 5.74) is 9.99. The smallest absolute Gasteiger partial charge is 0.255 e. The van der Waals surface area contributed by atoms with Gasteiger partial charge in [-0.15, -0.1) is 0 Å². The second-order valence-electron chi connectivity index (χ2n) is 8.55. The van der Waals surface area contributed by atoms with E-state index in [1.54, 1.807) is 43.4 Å². The summed E-state index contributed by atoms with van der Waals surface area (Å²) in [6.07, 6.45) is 0. The van der Waals surface area contributed by atoms with E-state index in [2.05, 4.69) is 10.6 Å². The monoisotopic (exact) mass is 459 g/mol. The van der Waals surface area contributed by atoms with Crippen LogP contribution in [0.5, 0.6) is 0 Å². The molecule has 3 aromatic carbocycles. The number of carbonyl (C=O) groups is 2. The average molecular weight is 460 g/mol. The molecule has 4 rings (SSSR count). The minimum absolute atomic E-state index is 0.198. The van der Waals surface area contributed by atoms with Gasteiger partial charge in [0.05, 0.1) is 5.56 Å². The number of anilines is 1. The summed E-state index contributed by atoms with van der Waals surface area (Å²) in [7, 11) is 1.54. The Morgan fingerprint density at radius 3 is 2.32 bits per heavy atom. The summed E-state index contributed by atoms with van der Waals surface area (Å²) < 4.78 is 19.4. The number of rotatable bonds is 6. The molecule has 174 valence electrons. The summed E-state index contributed by atoms with van der Waals surface area (Å²) in [6, 6.07) is 16.4. The first kappa shape index (κ1) is 23.0. The van der Waals surface area contributed by atoms with E-state index in [1.807, 2.05) is 26.0 Å². The fraction of sp³-hybridized carbons (Fsp3) is 0.185. The molecule has 0 saturated heterocycles. The zero-order chi connectivity index (χ0) is 24.4. The summed E-state index contributed by atoms with van der Waals surface area (Å²) in [4.78, 5) is 25.4. The molecular formula is C27H26FN3O3. The Morgan fingerprint density at radius 1 is 0.941 bits per heavy atom. The van der Waals surface area contributed by atoms with Gasteiger partial charge in [0, 0.05) is 35.8 Å². The maximum absolute atomic E-state index is 13.4. The van der Waals surface area contributed by atoms with E-state index < -0.39 is 0 Å². The normalized spacial score (nSPS) is 11.1. The summed E-state index contributed by atoms with van der Waals surface area (Å²) in [6.45, 7) is 4.61. The highest BCUT2D eigenvalue weighted by molar-refractivity contribution is 6.12. The van der Waals surface area contributed by atoms with E-state index in [0.29, 0.717) is 51.6 Å². The molecule has 0 fully saturated rings. The van der Waals surface area contributed by atoms with Crippen LogP contribution in [-0.2, 0) is 0 Å². The van der Waals surface area contributed by atoms with Crippen LogP contribution >= 0.6 is 0 Å². The van der Waals surface area contributed by atoms with Crippen LogP contribution in [0.3, 0.4) is 0 Å². The number of hydrogen-bond acceptors (Lipinski definition) is 4. The van der Waals surface area contributed by atoms with Crippen molar-refractivity contribution in [2.24, 2.45) is 5.92 Å². The second-order valence-corrected chi connectivity index (χ2v) is 8.55. The molecule has 0 unspecified atom stereocenters. The van der Waals surface area contributed by atoms with Gasteiger partial charge in [-0.2, -0.15) is 0 Å². The molecule has 34 heavy (non-hydrogen) atoms. The first-order chi connectivity index (χ1) is 16.3. The van der Waals surface area contributed by atoms with E-state index in [1.165, 1.54) is 12.1 Å². The van der Waals surface area contributed by atoms with Crippen molar-refractivity contribution in [2.45, 2.75) is 13.8 Å². The van der Waals surface area contributed by atoms with Crippen LogP contribution in [0.4, 0.5) is 10.1 Å². The molecule has 4 aromatic rings. The maximum Gasteiger partial charge on any atom is 0.255 e. The summed E-state index contributed by atoms with van der Waals surface area (Å²) >= 11 is 0. The van der Waals surface area contributed by atoms with Gasteiger partial charge in [-0.25, -0.2) is 4.39 Å². The first-order valence-electron chi connectivity index (χ1n) is 11.0. The number of hydrogen-bond donors (Lipinski definition) is 3. The number of carbonyl (C=O) groups excluding carboxylic acids is 2. The molecule has 4 N–H and O–H groups in total. The largest absolute Gasteiger partial charge is 0.455 e. The van der Waals surface area contributed by atoms with Crippen LogP contribution in [0.15, 0.2) is 65.1 Å². The Hall–Kier alpha value is -4.13. The zero-order valence-corrected chi connectivity index (χ0v) is 19.2. The lowest BCUT2D eigenvalue weighted by Crippen LogP contribution is -2.27. The van der Waals surface area contributed by atoms with Gasteiger partial charge in [0.2, 0.25) is 0 Å². The van der Waals surface area contributed by atoms with Crippen molar-refractivity contribution >= 4 is 28.5 Å². The predicted octanol–water partition coefficient (Wildman–Crippen LogP) is 5.23. The maximum atomic E-state index is 13.4. The van der Waals surface area contributed by atoms with Crippen LogP contribution in [0.1, 0.15) is 34.6 Å². The average Bonchev–Trinajstić information content (AvgIpc) is 3.20. The van der Waals surface area contributed by atoms with Crippen LogP contribution in [0.2, 0.25) is 0 Å². The van der Waals surface area contributed by atoms with Crippen molar-refractivity contribution in [2.75, 3.05) is 19.3 Å². The SMILES string of the molecule is CNC(=O)c1c(-c2ccc(F)cc2)oc2ccc(-c3cc(N)cc(C(=O)NCC(C)C)c3)cc12. The minimum atomic E-state index is -0.376. The van der Waals surface area contributed by atoms with Crippen molar-refractivity contribution in [1.29, 1.82) is 0 Å². The van der Waals surface area contributed by atoms with Crippen molar-refractivity contribution in [3.8, 4) is 22.5 Å². The van der Waals surface area contributed by atoms with E-state index >= 15 is 0 Å². The van der Waals surface area contributed by atoms with Gasteiger partial charge in [-0.1, -0.05) is 19.9 Å². The number of nitrogens with two attached hydrogens (primary N) is 1. The molecule has 7 heteroatoms. The molecule has 0 radical (unpaired) electrons. The fourth-order valence-corrected chi connectivity index (χ4v) is 3.78. The van der Waals surface area contributed by atoms with E-state index in [9.17, 15) is 14.0 Å².